The molecule has 1 aromatic carbocycles. The molecule has 2 aromatic heterocycles. The first-order valence-corrected chi connectivity index (χ1v) is 9.62. The summed E-state index contributed by atoms with van der Waals surface area (Å²) in [5, 5.41) is 2.63. The molecule has 27 heavy (non-hydrogen) atoms. The molecule has 1 atom stereocenters. The SMILES string of the molecule is Cc1ccc(C2COCCN2C(=O)Cc2nc(-c3ccc(F)cc3)cs2)o1. The van der Waals surface area contributed by atoms with Crippen LogP contribution in [-0.4, -0.2) is 35.5 Å². The summed E-state index contributed by atoms with van der Waals surface area (Å²) in [6.45, 7) is 3.35. The summed E-state index contributed by atoms with van der Waals surface area (Å²) >= 11 is 1.44. The largest absolute Gasteiger partial charge is 0.464 e. The summed E-state index contributed by atoms with van der Waals surface area (Å²) in [5.41, 5.74) is 1.59. The van der Waals surface area contributed by atoms with Crippen molar-refractivity contribution in [3.8, 4) is 11.3 Å². The van der Waals surface area contributed by atoms with Crippen LogP contribution in [0.5, 0.6) is 0 Å². The van der Waals surface area contributed by atoms with Crippen LogP contribution >= 0.6 is 11.3 Å². The van der Waals surface area contributed by atoms with Gasteiger partial charge < -0.3 is 14.1 Å². The van der Waals surface area contributed by atoms with E-state index in [4.69, 9.17) is 9.15 Å². The van der Waals surface area contributed by atoms with Crippen molar-refractivity contribution in [2.75, 3.05) is 19.8 Å². The van der Waals surface area contributed by atoms with E-state index in [1.807, 2.05) is 24.4 Å². The second kappa shape index (κ2) is 7.62. The average Bonchev–Trinajstić information content (AvgIpc) is 3.31. The van der Waals surface area contributed by atoms with E-state index in [0.717, 1.165) is 27.8 Å². The average molecular weight is 386 g/mol. The lowest BCUT2D eigenvalue weighted by Gasteiger charge is -2.34. The maximum atomic E-state index is 13.1. The molecule has 3 aromatic rings. The fourth-order valence-electron chi connectivity index (χ4n) is 3.15. The lowest BCUT2D eigenvalue weighted by Crippen LogP contribution is -2.44. The minimum Gasteiger partial charge on any atom is -0.464 e. The van der Waals surface area contributed by atoms with Gasteiger partial charge in [0.25, 0.3) is 0 Å². The number of thiazole rings is 1. The molecule has 3 heterocycles. The lowest BCUT2D eigenvalue weighted by atomic mass is 10.1. The number of benzene rings is 1. The van der Waals surface area contributed by atoms with Crippen LogP contribution in [0, 0.1) is 12.7 Å². The molecule has 4 rings (SSSR count). The van der Waals surface area contributed by atoms with Crippen molar-refractivity contribution < 1.29 is 18.3 Å². The van der Waals surface area contributed by atoms with Crippen molar-refractivity contribution in [2.24, 2.45) is 0 Å². The summed E-state index contributed by atoms with van der Waals surface area (Å²) < 4.78 is 24.3. The molecule has 1 saturated heterocycles. The van der Waals surface area contributed by atoms with Crippen molar-refractivity contribution in [3.05, 3.63) is 64.1 Å². The smallest absolute Gasteiger partial charge is 0.230 e. The second-order valence-corrected chi connectivity index (χ2v) is 7.38. The molecule has 0 aliphatic carbocycles. The number of amides is 1. The van der Waals surface area contributed by atoms with Gasteiger partial charge >= 0.3 is 0 Å². The van der Waals surface area contributed by atoms with Gasteiger partial charge in [0.2, 0.25) is 5.91 Å². The summed E-state index contributed by atoms with van der Waals surface area (Å²) in [5.74, 6) is 1.27. The Morgan fingerprint density at radius 3 is 2.85 bits per heavy atom. The van der Waals surface area contributed by atoms with E-state index >= 15 is 0 Å². The number of morpholine rings is 1. The van der Waals surface area contributed by atoms with E-state index in [9.17, 15) is 9.18 Å². The highest BCUT2D eigenvalue weighted by atomic mass is 32.1. The molecular formula is C20H19FN2O3S. The molecule has 140 valence electrons. The Hall–Kier alpha value is -2.51. The zero-order valence-electron chi connectivity index (χ0n) is 14.9. The fourth-order valence-corrected chi connectivity index (χ4v) is 3.94. The Morgan fingerprint density at radius 2 is 2.11 bits per heavy atom. The van der Waals surface area contributed by atoms with Crippen molar-refractivity contribution >= 4 is 17.2 Å². The van der Waals surface area contributed by atoms with Crippen molar-refractivity contribution in [3.63, 3.8) is 0 Å². The Labute approximate surface area is 160 Å². The molecule has 1 aliphatic rings. The fraction of sp³-hybridized carbons (Fsp3) is 0.300. The number of furan rings is 1. The maximum Gasteiger partial charge on any atom is 0.230 e. The van der Waals surface area contributed by atoms with Gasteiger partial charge in [-0.15, -0.1) is 11.3 Å². The standard InChI is InChI=1S/C20H19FN2O3S/c1-13-2-7-18(26-13)17-11-25-9-8-23(17)20(24)10-19-22-16(12-27-19)14-3-5-15(21)6-4-14/h2-7,12,17H,8-11H2,1H3. The molecule has 1 fully saturated rings. The second-order valence-electron chi connectivity index (χ2n) is 6.44. The van der Waals surface area contributed by atoms with Crippen molar-refractivity contribution in [1.82, 2.24) is 9.88 Å². The number of aryl methyl sites for hydroxylation is 1. The topological polar surface area (TPSA) is 55.6 Å². The summed E-state index contributed by atoms with van der Waals surface area (Å²) in [6, 6.07) is 9.76. The molecule has 0 radical (unpaired) electrons. The zero-order valence-corrected chi connectivity index (χ0v) is 15.7. The van der Waals surface area contributed by atoms with Crippen LogP contribution in [0.2, 0.25) is 0 Å². The number of nitrogens with zero attached hydrogens (tertiary/aromatic N) is 2. The van der Waals surface area contributed by atoms with E-state index in [1.165, 1.54) is 23.5 Å². The van der Waals surface area contributed by atoms with E-state index in [0.29, 0.717) is 19.8 Å². The highest BCUT2D eigenvalue weighted by molar-refractivity contribution is 7.10. The third kappa shape index (κ3) is 3.94. The molecule has 0 bridgehead atoms. The maximum absolute atomic E-state index is 13.1. The van der Waals surface area contributed by atoms with E-state index in [2.05, 4.69) is 4.98 Å². The first kappa shape index (κ1) is 17.9. The number of rotatable bonds is 4. The lowest BCUT2D eigenvalue weighted by molar-refractivity contribution is -0.140. The molecule has 0 saturated carbocycles. The number of carbonyl (C=O) groups is 1. The van der Waals surface area contributed by atoms with E-state index in [-0.39, 0.29) is 24.2 Å². The number of carbonyl (C=O) groups excluding carboxylic acids is 1. The van der Waals surface area contributed by atoms with Crippen LogP contribution < -0.4 is 0 Å². The minimum atomic E-state index is -0.282. The number of hydrogen-bond donors (Lipinski definition) is 0. The van der Waals surface area contributed by atoms with Gasteiger partial charge in [-0.25, -0.2) is 9.37 Å². The number of hydrogen-bond acceptors (Lipinski definition) is 5. The quantitative estimate of drug-likeness (QED) is 0.680. The molecule has 1 unspecified atom stereocenters. The third-order valence-electron chi connectivity index (χ3n) is 4.53. The van der Waals surface area contributed by atoms with Crippen LogP contribution in [0.15, 0.2) is 46.2 Å². The first-order chi connectivity index (χ1) is 13.1. The Morgan fingerprint density at radius 1 is 1.30 bits per heavy atom. The van der Waals surface area contributed by atoms with Crippen LogP contribution in [0.1, 0.15) is 22.6 Å². The van der Waals surface area contributed by atoms with Gasteiger partial charge in [-0.2, -0.15) is 0 Å². The van der Waals surface area contributed by atoms with Crippen LogP contribution in [0.4, 0.5) is 4.39 Å². The van der Waals surface area contributed by atoms with Gasteiger partial charge in [-0.05, 0) is 43.3 Å². The zero-order chi connectivity index (χ0) is 18.8. The molecule has 1 amide bonds. The molecule has 0 N–H and O–H groups in total. The van der Waals surface area contributed by atoms with Gasteiger partial charge in [0, 0.05) is 17.5 Å². The normalized spacial score (nSPS) is 17.3. The first-order valence-electron chi connectivity index (χ1n) is 8.74. The molecule has 0 spiro atoms. The monoisotopic (exact) mass is 386 g/mol. The Balaban J connectivity index is 1.48. The summed E-state index contributed by atoms with van der Waals surface area (Å²) in [6.07, 6.45) is 0.224. The van der Waals surface area contributed by atoms with E-state index in [1.54, 1.807) is 17.0 Å². The van der Waals surface area contributed by atoms with Crippen LogP contribution in [0.3, 0.4) is 0 Å². The minimum absolute atomic E-state index is 0.00245. The summed E-state index contributed by atoms with van der Waals surface area (Å²) in [7, 11) is 0. The van der Waals surface area contributed by atoms with Gasteiger partial charge in [0.05, 0.1) is 25.3 Å². The highest BCUT2D eigenvalue weighted by Crippen LogP contribution is 2.28. The van der Waals surface area contributed by atoms with Gasteiger partial charge in [0.15, 0.2) is 0 Å². The molecule has 1 aliphatic heterocycles. The van der Waals surface area contributed by atoms with Crippen LogP contribution in [0.25, 0.3) is 11.3 Å². The van der Waals surface area contributed by atoms with Crippen molar-refractivity contribution in [2.45, 2.75) is 19.4 Å². The number of aromatic nitrogens is 1. The van der Waals surface area contributed by atoms with Gasteiger partial charge in [0.1, 0.15) is 28.4 Å². The highest BCUT2D eigenvalue weighted by Gasteiger charge is 2.31. The number of halogens is 1. The Kier molecular flexibility index (Phi) is 5.05. The predicted molar refractivity (Wildman–Crippen MR) is 99.9 cm³/mol. The number of ether oxygens (including phenoxy) is 1. The van der Waals surface area contributed by atoms with Crippen molar-refractivity contribution in [1.29, 1.82) is 0 Å². The Bertz CT molecular complexity index is 935. The van der Waals surface area contributed by atoms with Gasteiger partial charge in [-0.3, -0.25) is 4.79 Å². The molecule has 5 nitrogen and oxygen atoms in total. The van der Waals surface area contributed by atoms with Crippen LogP contribution in [-0.2, 0) is 16.0 Å². The molecule has 7 heteroatoms. The third-order valence-corrected chi connectivity index (χ3v) is 5.38. The molecular weight excluding hydrogens is 367 g/mol. The van der Waals surface area contributed by atoms with E-state index < -0.39 is 0 Å². The predicted octanol–water partition coefficient (Wildman–Crippen LogP) is 3.99. The summed E-state index contributed by atoms with van der Waals surface area (Å²) in [4.78, 5) is 19.2. The van der Waals surface area contributed by atoms with Gasteiger partial charge in [-0.1, -0.05) is 0 Å².